The quantitative estimate of drug-likeness (QED) is 0.665. The Kier molecular flexibility index (Phi) is 7.29. The van der Waals surface area contributed by atoms with Crippen LogP contribution >= 0.6 is 0 Å². The molecule has 0 aliphatic carbocycles. The van der Waals surface area contributed by atoms with Crippen molar-refractivity contribution in [2.45, 2.75) is 46.1 Å². The second kappa shape index (κ2) is 7.34. The average molecular weight is 188 g/mol. The largest absolute Gasteiger partial charge is 0.396 e. The average Bonchev–Trinajstić information content (AvgIpc) is 2.10. The van der Waals surface area contributed by atoms with E-state index in [9.17, 15) is 0 Å². The van der Waals surface area contributed by atoms with Gasteiger partial charge in [0.15, 0.2) is 0 Å². The van der Waals surface area contributed by atoms with Crippen LogP contribution in [0.5, 0.6) is 0 Å². The molecule has 0 aromatic carbocycles. The van der Waals surface area contributed by atoms with Gasteiger partial charge in [-0.3, -0.25) is 0 Å². The summed E-state index contributed by atoms with van der Waals surface area (Å²) in [6, 6.07) is 0. The number of aliphatic hydroxyl groups is 1. The highest BCUT2D eigenvalue weighted by Crippen LogP contribution is 2.18. The minimum absolute atomic E-state index is 0.226. The molecule has 0 amide bonds. The molecule has 0 fully saturated rings. The molecule has 0 rings (SSSR count). The highest BCUT2D eigenvalue weighted by molar-refractivity contribution is 4.66. The Morgan fingerprint density at radius 2 is 1.69 bits per heavy atom. The van der Waals surface area contributed by atoms with E-state index < -0.39 is 0 Å². The van der Waals surface area contributed by atoms with Crippen molar-refractivity contribution >= 4 is 0 Å². The van der Waals surface area contributed by atoms with Crippen LogP contribution in [0.4, 0.5) is 0 Å². The van der Waals surface area contributed by atoms with Gasteiger partial charge in [-0.2, -0.15) is 0 Å². The maximum Gasteiger partial charge on any atom is 0.0618 e. The van der Waals surface area contributed by atoms with Crippen LogP contribution in [0.25, 0.3) is 0 Å². The van der Waals surface area contributed by atoms with Crippen molar-refractivity contribution in [1.29, 1.82) is 0 Å². The topological polar surface area (TPSA) is 29.5 Å². The molecule has 2 nitrogen and oxygen atoms in total. The van der Waals surface area contributed by atoms with E-state index in [4.69, 9.17) is 9.84 Å². The molecule has 13 heavy (non-hydrogen) atoms. The first-order chi connectivity index (χ1) is 6.11. The van der Waals surface area contributed by atoms with Crippen molar-refractivity contribution in [3.05, 3.63) is 0 Å². The fourth-order valence-electron chi connectivity index (χ4n) is 1.54. The summed E-state index contributed by atoms with van der Waals surface area (Å²) in [4.78, 5) is 0. The predicted octanol–water partition coefficient (Wildman–Crippen LogP) is 2.46. The van der Waals surface area contributed by atoms with E-state index in [1.807, 2.05) is 0 Å². The summed E-state index contributed by atoms with van der Waals surface area (Å²) in [5.41, 5.74) is 0. The van der Waals surface area contributed by atoms with Crippen molar-refractivity contribution in [3.8, 4) is 0 Å². The molecular weight excluding hydrogens is 164 g/mol. The van der Waals surface area contributed by atoms with E-state index in [0.717, 1.165) is 12.3 Å². The fraction of sp³-hybridized carbons (Fsp3) is 1.00. The van der Waals surface area contributed by atoms with Gasteiger partial charge in [-0.05, 0) is 24.7 Å². The van der Waals surface area contributed by atoms with Gasteiger partial charge in [-0.1, -0.05) is 27.2 Å². The third-order valence-corrected chi connectivity index (χ3v) is 2.55. The first kappa shape index (κ1) is 12.9. The SMILES string of the molecule is COC(CCO)C(C)CCC(C)C. The van der Waals surface area contributed by atoms with Crippen molar-refractivity contribution in [2.75, 3.05) is 13.7 Å². The summed E-state index contributed by atoms with van der Waals surface area (Å²) >= 11 is 0. The zero-order chi connectivity index (χ0) is 10.3. The van der Waals surface area contributed by atoms with E-state index in [1.165, 1.54) is 12.8 Å². The third-order valence-electron chi connectivity index (χ3n) is 2.55. The normalized spacial score (nSPS) is 16.2. The van der Waals surface area contributed by atoms with Gasteiger partial charge >= 0.3 is 0 Å². The first-order valence-corrected chi connectivity index (χ1v) is 5.25. The van der Waals surface area contributed by atoms with Gasteiger partial charge in [0.1, 0.15) is 0 Å². The summed E-state index contributed by atoms with van der Waals surface area (Å²) in [5, 5.41) is 8.81. The maximum atomic E-state index is 8.81. The summed E-state index contributed by atoms with van der Waals surface area (Å²) in [6.45, 7) is 6.90. The van der Waals surface area contributed by atoms with Crippen LogP contribution < -0.4 is 0 Å². The second-order valence-corrected chi connectivity index (χ2v) is 4.23. The Balaban J connectivity index is 3.69. The molecule has 2 unspecified atom stereocenters. The van der Waals surface area contributed by atoms with Crippen LogP contribution in [0.3, 0.4) is 0 Å². The predicted molar refractivity (Wildman–Crippen MR) is 55.7 cm³/mol. The lowest BCUT2D eigenvalue weighted by Gasteiger charge is -2.22. The van der Waals surface area contributed by atoms with Crippen LogP contribution in [-0.2, 0) is 4.74 Å². The number of ether oxygens (including phenoxy) is 1. The summed E-state index contributed by atoms with van der Waals surface area (Å²) in [5.74, 6) is 1.31. The third kappa shape index (κ3) is 6.05. The second-order valence-electron chi connectivity index (χ2n) is 4.23. The van der Waals surface area contributed by atoms with Crippen LogP contribution in [-0.4, -0.2) is 24.9 Å². The number of hydrogen-bond acceptors (Lipinski definition) is 2. The molecule has 0 aromatic rings. The Hall–Kier alpha value is -0.0800. The van der Waals surface area contributed by atoms with E-state index in [2.05, 4.69) is 20.8 Å². The molecular formula is C11H24O2. The van der Waals surface area contributed by atoms with Crippen molar-refractivity contribution in [3.63, 3.8) is 0 Å². The first-order valence-electron chi connectivity index (χ1n) is 5.25. The Labute approximate surface area is 82.3 Å². The van der Waals surface area contributed by atoms with Gasteiger partial charge in [0.25, 0.3) is 0 Å². The lowest BCUT2D eigenvalue weighted by Crippen LogP contribution is -2.22. The summed E-state index contributed by atoms with van der Waals surface area (Å²) in [7, 11) is 1.73. The highest BCUT2D eigenvalue weighted by Gasteiger charge is 2.15. The molecule has 0 heterocycles. The number of aliphatic hydroxyl groups excluding tert-OH is 1. The number of methoxy groups -OCH3 is 1. The molecule has 0 spiro atoms. The van der Waals surface area contributed by atoms with Gasteiger partial charge in [-0.25, -0.2) is 0 Å². The Morgan fingerprint density at radius 1 is 1.08 bits per heavy atom. The standard InChI is InChI=1S/C11H24O2/c1-9(2)5-6-10(3)11(13-4)7-8-12/h9-12H,5-8H2,1-4H3. The molecule has 2 atom stereocenters. The van der Waals surface area contributed by atoms with Crippen LogP contribution in [0.2, 0.25) is 0 Å². The van der Waals surface area contributed by atoms with Gasteiger partial charge in [0.2, 0.25) is 0 Å². The fourth-order valence-corrected chi connectivity index (χ4v) is 1.54. The zero-order valence-electron chi connectivity index (χ0n) is 9.42. The molecule has 0 aromatic heterocycles. The van der Waals surface area contributed by atoms with Crippen LogP contribution in [0, 0.1) is 11.8 Å². The van der Waals surface area contributed by atoms with Gasteiger partial charge in [-0.15, -0.1) is 0 Å². The smallest absolute Gasteiger partial charge is 0.0618 e. The van der Waals surface area contributed by atoms with Crippen molar-refractivity contribution in [2.24, 2.45) is 11.8 Å². The van der Waals surface area contributed by atoms with Crippen molar-refractivity contribution < 1.29 is 9.84 Å². The van der Waals surface area contributed by atoms with E-state index in [0.29, 0.717) is 5.92 Å². The Bertz CT molecular complexity index is 113. The van der Waals surface area contributed by atoms with Gasteiger partial charge < -0.3 is 9.84 Å². The number of rotatable bonds is 7. The highest BCUT2D eigenvalue weighted by atomic mass is 16.5. The summed E-state index contributed by atoms with van der Waals surface area (Å²) < 4.78 is 5.32. The summed E-state index contributed by atoms with van der Waals surface area (Å²) in [6.07, 6.45) is 3.42. The van der Waals surface area contributed by atoms with E-state index in [-0.39, 0.29) is 12.7 Å². The minimum Gasteiger partial charge on any atom is -0.396 e. The van der Waals surface area contributed by atoms with Gasteiger partial charge in [0.05, 0.1) is 6.10 Å². The maximum absolute atomic E-state index is 8.81. The van der Waals surface area contributed by atoms with Gasteiger partial charge in [0, 0.05) is 13.7 Å². The molecule has 2 heteroatoms. The lowest BCUT2D eigenvalue weighted by molar-refractivity contribution is 0.0336. The van der Waals surface area contributed by atoms with E-state index in [1.54, 1.807) is 7.11 Å². The number of hydrogen-bond donors (Lipinski definition) is 1. The molecule has 0 saturated heterocycles. The molecule has 1 N–H and O–H groups in total. The van der Waals surface area contributed by atoms with Crippen LogP contribution in [0.1, 0.15) is 40.0 Å². The Morgan fingerprint density at radius 3 is 2.08 bits per heavy atom. The monoisotopic (exact) mass is 188 g/mol. The molecule has 0 saturated carbocycles. The van der Waals surface area contributed by atoms with Crippen LogP contribution in [0.15, 0.2) is 0 Å². The molecule has 0 aliphatic heterocycles. The molecule has 0 aliphatic rings. The molecule has 80 valence electrons. The minimum atomic E-state index is 0.226. The van der Waals surface area contributed by atoms with Crippen molar-refractivity contribution in [1.82, 2.24) is 0 Å². The zero-order valence-corrected chi connectivity index (χ0v) is 9.42. The molecule has 0 radical (unpaired) electrons. The lowest BCUT2D eigenvalue weighted by atomic mass is 9.93. The molecule has 0 bridgehead atoms. The van der Waals surface area contributed by atoms with E-state index >= 15 is 0 Å².